The van der Waals surface area contributed by atoms with Gasteiger partial charge in [-0.1, -0.05) is 0 Å². The van der Waals surface area contributed by atoms with Crippen LogP contribution in [0.1, 0.15) is 27.9 Å². The molecule has 0 radical (unpaired) electrons. The fourth-order valence-corrected chi connectivity index (χ4v) is 4.17. The Balaban J connectivity index is 1.51. The number of pyridine rings is 2. The zero-order chi connectivity index (χ0) is 24.9. The Kier molecular flexibility index (Phi) is 5.57. The first-order chi connectivity index (χ1) is 16.6. The number of hydrogen-bond donors (Lipinski definition) is 0. The van der Waals surface area contributed by atoms with Crippen molar-refractivity contribution in [1.82, 2.24) is 29.6 Å². The van der Waals surface area contributed by atoms with Crippen LogP contribution in [-0.2, 0) is 17.5 Å². The Morgan fingerprint density at radius 2 is 1.91 bits per heavy atom. The fourth-order valence-electron chi connectivity index (χ4n) is 4.17. The molecule has 0 N–H and O–H groups in total. The first kappa shape index (κ1) is 23.0. The average Bonchev–Trinajstić information content (AvgIpc) is 3.21. The number of morpholine rings is 1. The number of halogens is 6. The number of alkyl halides is 5. The molecule has 1 amide bonds. The van der Waals surface area contributed by atoms with Crippen LogP contribution in [0, 0.1) is 5.82 Å². The van der Waals surface area contributed by atoms with E-state index in [1.54, 1.807) is 4.57 Å². The van der Waals surface area contributed by atoms with Crippen LogP contribution in [0.3, 0.4) is 0 Å². The molecule has 2 aliphatic heterocycles. The number of nitrogens with zero attached hydrogens (tertiary/aromatic N) is 6. The third-order valence-corrected chi connectivity index (χ3v) is 5.59. The van der Waals surface area contributed by atoms with Gasteiger partial charge in [0, 0.05) is 25.0 Å². The first-order valence-corrected chi connectivity index (χ1v) is 10.1. The van der Waals surface area contributed by atoms with E-state index < -0.39 is 47.9 Å². The molecule has 0 unspecified atom stereocenters. The van der Waals surface area contributed by atoms with E-state index in [1.165, 1.54) is 23.2 Å². The van der Waals surface area contributed by atoms with E-state index in [4.69, 9.17) is 4.74 Å². The average molecular weight is 500 g/mol. The van der Waals surface area contributed by atoms with Crippen LogP contribution >= 0.6 is 0 Å². The molecule has 35 heavy (non-hydrogen) atoms. The van der Waals surface area contributed by atoms with Gasteiger partial charge in [-0.05, 0) is 12.1 Å². The summed E-state index contributed by atoms with van der Waals surface area (Å²) in [5.74, 6) is -2.46. The smallest absolute Gasteiger partial charge is 0.435 e. The standard InChI is InChI=1S/C20H14F6N6O3/c21-14-11(2-4-28-15(14)20(24,25)26)18(33)32-9-6-31-16(29-30-17(31)13(32)8-34-7-9)12-5-10(1-3-27-12)35-19(22)23/h1-5,9,13,19H,6-8H2/t9-,13-/m1/s1. The van der Waals surface area contributed by atoms with Crippen LogP contribution < -0.4 is 4.74 Å². The van der Waals surface area contributed by atoms with E-state index >= 15 is 0 Å². The SMILES string of the molecule is O=C(c1ccnc(C(F)(F)F)c1F)N1[C@H]2COC[C@@H]1c1nnc(-c3cc(OC(F)F)ccn3)n1C2. The van der Waals surface area contributed by atoms with Crippen molar-refractivity contribution < 1.29 is 40.6 Å². The fraction of sp³-hybridized carbons (Fsp3) is 0.350. The van der Waals surface area contributed by atoms with E-state index in [1.807, 2.05) is 0 Å². The van der Waals surface area contributed by atoms with E-state index in [-0.39, 0.29) is 42.9 Å². The second-order valence-corrected chi connectivity index (χ2v) is 7.69. The first-order valence-electron chi connectivity index (χ1n) is 10.1. The quantitative estimate of drug-likeness (QED) is 0.508. The van der Waals surface area contributed by atoms with Crippen LogP contribution in [-0.4, -0.2) is 61.4 Å². The number of ether oxygens (including phenoxy) is 2. The summed E-state index contributed by atoms with van der Waals surface area (Å²) >= 11 is 0. The molecule has 9 nitrogen and oxygen atoms in total. The van der Waals surface area contributed by atoms with Gasteiger partial charge in [-0.3, -0.25) is 9.78 Å². The zero-order valence-electron chi connectivity index (χ0n) is 17.4. The molecule has 0 spiro atoms. The van der Waals surface area contributed by atoms with Crippen molar-refractivity contribution in [2.24, 2.45) is 0 Å². The lowest BCUT2D eigenvalue weighted by Crippen LogP contribution is -2.56. The van der Waals surface area contributed by atoms with E-state index in [0.717, 1.165) is 12.3 Å². The molecule has 1 fully saturated rings. The molecule has 5 heterocycles. The molecule has 2 bridgehead atoms. The van der Waals surface area contributed by atoms with Gasteiger partial charge in [0.2, 0.25) is 0 Å². The Labute approximate surface area is 192 Å². The number of amides is 1. The Morgan fingerprint density at radius 1 is 1.14 bits per heavy atom. The summed E-state index contributed by atoms with van der Waals surface area (Å²) in [5.41, 5.74) is -2.39. The lowest BCUT2D eigenvalue weighted by molar-refractivity contribution is -0.143. The summed E-state index contributed by atoms with van der Waals surface area (Å²) in [7, 11) is 0. The predicted octanol–water partition coefficient (Wildman–Crippen LogP) is 3.09. The van der Waals surface area contributed by atoms with Crippen molar-refractivity contribution in [2.75, 3.05) is 13.2 Å². The molecule has 0 aliphatic carbocycles. The Morgan fingerprint density at radius 3 is 2.66 bits per heavy atom. The van der Waals surface area contributed by atoms with Crippen LogP contribution in [0.2, 0.25) is 0 Å². The third-order valence-electron chi connectivity index (χ3n) is 5.59. The molecule has 15 heteroatoms. The summed E-state index contributed by atoms with van der Waals surface area (Å²) in [5, 5.41) is 8.13. The molecule has 2 atom stereocenters. The van der Waals surface area contributed by atoms with Crippen LogP contribution in [0.25, 0.3) is 11.5 Å². The van der Waals surface area contributed by atoms with Gasteiger partial charge in [0.25, 0.3) is 5.91 Å². The highest BCUT2D eigenvalue weighted by Gasteiger charge is 2.46. The van der Waals surface area contributed by atoms with Crippen LogP contribution in [0.15, 0.2) is 30.6 Å². The minimum absolute atomic E-state index is 0.0140. The molecule has 2 aliphatic rings. The molecule has 5 rings (SSSR count). The van der Waals surface area contributed by atoms with Gasteiger partial charge in [-0.25, -0.2) is 9.37 Å². The van der Waals surface area contributed by atoms with Gasteiger partial charge >= 0.3 is 12.8 Å². The maximum absolute atomic E-state index is 14.6. The summed E-state index contributed by atoms with van der Waals surface area (Å²) in [6, 6.07) is 1.78. The van der Waals surface area contributed by atoms with Crippen molar-refractivity contribution in [3.63, 3.8) is 0 Å². The monoisotopic (exact) mass is 500 g/mol. The van der Waals surface area contributed by atoms with Crippen molar-refractivity contribution in [2.45, 2.75) is 31.4 Å². The van der Waals surface area contributed by atoms with Crippen molar-refractivity contribution in [3.8, 4) is 17.3 Å². The number of aromatic nitrogens is 5. The van der Waals surface area contributed by atoms with Gasteiger partial charge < -0.3 is 18.9 Å². The van der Waals surface area contributed by atoms with Gasteiger partial charge in [0.1, 0.15) is 17.5 Å². The molecular formula is C20H14F6N6O3. The highest BCUT2D eigenvalue weighted by atomic mass is 19.4. The van der Waals surface area contributed by atoms with Crippen LogP contribution in [0.4, 0.5) is 26.3 Å². The third kappa shape index (κ3) is 4.05. The van der Waals surface area contributed by atoms with Crippen molar-refractivity contribution in [3.05, 3.63) is 53.5 Å². The van der Waals surface area contributed by atoms with Crippen molar-refractivity contribution in [1.29, 1.82) is 0 Å². The predicted molar refractivity (Wildman–Crippen MR) is 103 cm³/mol. The van der Waals surface area contributed by atoms with Crippen LogP contribution in [0.5, 0.6) is 5.75 Å². The molecule has 184 valence electrons. The molecule has 0 aromatic carbocycles. The van der Waals surface area contributed by atoms with E-state index in [9.17, 15) is 31.1 Å². The number of fused-ring (bicyclic) bond motifs is 4. The molecule has 0 saturated carbocycles. The maximum Gasteiger partial charge on any atom is 0.436 e. The van der Waals surface area contributed by atoms with E-state index in [2.05, 4.69) is 24.9 Å². The Bertz CT molecular complexity index is 1280. The molecule has 1 saturated heterocycles. The van der Waals surface area contributed by atoms with Gasteiger partial charge in [-0.15, -0.1) is 10.2 Å². The van der Waals surface area contributed by atoms with Gasteiger partial charge in [0.15, 0.2) is 23.2 Å². The summed E-state index contributed by atoms with van der Waals surface area (Å²) in [6.07, 6.45) is -3.11. The lowest BCUT2D eigenvalue weighted by Gasteiger charge is -2.45. The number of carbonyl (C=O) groups excluding carboxylic acids is 1. The number of carbonyl (C=O) groups is 1. The summed E-state index contributed by atoms with van der Waals surface area (Å²) in [6.45, 7) is -3.05. The second kappa shape index (κ2) is 8.48. The largest absolute Gasteiger partial charge is 0.436 e. The highest BCUT2D eigenvalue weighted by molar-refractivity contribution is 5.95. The molecule has 3 aromatic heterocycles. The number of rotatable bonds is 4. The normalized spacial score (nSPS) is 19.6. The summed E-state index contributed by atoms with van der Waals surface area (Å²) < 4.78 is 90.6. The van der Waals surface area contributed by atoms with Gasteiger partial charge in [-0.2, -0.15) is 22.0 Å². The lowest BCUT2D eigenvalue weighted by atomic mass is 10.0. The minimum atomic E-state index is -5.08. The molecule has 3 aromatic rings. The minimum Gasteiger partial charge on any atom is -0.435 e. The summed E-state index contributed by atoms with van der Waals surface area (Å²) in [4.78, 5) is 21.6. The second-order valence-electron chi connectivity index (χ2n) is 7.69. The van der Waals surface area contributed by atoms with Crippen molar-refractivity contribution >= 4 is 5.91 Å². The zero-order valence-corrected chi connectivity index (χ0v) is 17.4. The topological polar surface area (TPSA) is 95.3 Å². The Hall–Kier alpha value is -3.75. The maximum atomic E-state index is 14.6. The van der Waals surface area contributed by atoms with E-state index in [0.29, 0.717) is 0 Å². The highest BCUT2D eigenvalue weighted by Crippen LogP contribution is 2.37. The molecular weight excluding hydrogens is 486 g/mol. The van der Waals surface area contributed by atoms with Gasteiger partial charge in [0.05, 0.1) is 24.8 Å². The number of hydrogen-bond acceptors (Lipinski definition) is 7.